The first-order chi connectivity index (χ1) is 17.1. The first-order valence-electron chi connectivity index (χ1n) is 12.4. The maximum Gasteiger partial charge on any atom is 0.408 e. The second kappa shape index (κ2) is 14.2. The van der Waals surface area contributed by atoms with E-state index in [4.69, 9.17) is 4.74 Å². The minimum atomic E-state index is -0.931. The van der Waals surface area contributed by atoms with Crippen LogP contribution in [0.25, 0.3) is 0 Å². The Balaban J connectivity index is 1.99. The van der Waals surface area contributed by atoms with E-state index in [0.717, 1.165) is 5.56 Å². The Hall–Kier alpha value is -3.43. The highest BCUT2D eigenvalue weighted by molar-refractivity contribution is 5.92. The Morgan fingerprint density at radius 1 is 1.06 bits per heavy atom. The van der Waals surface area contributed by atoms with Crippen LogP contribution >= 0.6 is 0 Å². The molecule has 10 heteroatoms. The molecule has 4 atom stereocenters. The van der Waals surface area contributed by atoms with Crippen molar-refractivity contribution in [3.8, 4) is 0 Å². The Morgan fingerprint density at radius 2 is 1.75 bits per heavy atom. The van der Waals surface area contributed by atoms with Gasteiger partial charge in [-0.2, -0.15) is 0 Å². The maximum absolute atomic E-state index is 13.1. The molecule has 0 saturated carbocycles. The molecule has 4 N–H and O–H groups in total. The van der Waals surface area contributed by atoms with Gasteiger partial charge in [-0.3, -0.25) is 14.4 Å². The normalized spacial score (nSPS) is 17.6. The molecule has 0 bridgehead atoms. The highest BCUT2D eigenvalue weighted by atomic mass is 16.5. The lowest BCUT2D eigenvalue weighted by atomic mass is 9.97. The summed E-state index contributed by atoms with van der Waals surface area (Å²) in [6, 6.07) is 6.47. The largest absolute Gasteiger partial charge is 0.445 e. The van der Waals surface area contributed by atoms with Gasteiger partial charge >= 0.3 is 6.09 Å². The van der Waals surface area contributed by atoms with Crippen molar-refractivity contribution >= 4 is 30.1 Å². The quantitative estimate of drug-likeness (QED) is 0.302. The van der Waals surface area contributed by atoms with Crippen LogP contribution in [-0.2, 0) is 30.5 Å². The van der Waals surface area contributed by atoms with Gasteiger partial charge in [0.05, 0.1) is 6.04 Å². The van der Waals surface area contributed by atoms with Crippen LogP contribution in [0.15, 0.2) is 30.3 Å². The van der Waals surface area contributed by atoms with Crippen LogP contribution in [0.3, 0.4) is 0 Å². The van der Waals surface area contributed by atoms with Gasteiger partial charge in [-0.1, -0.05) is 58.0 Å². The number of benzene rings is 1. The van der Waals surface area contributed by atoms with E-state index in [2.05, 4.69) is 21.3 Å². The second-order valence-corrected chi connectivity index (χ2v) is 9.88. The molecule has 1 unspecified atom stereocenters. The van der Waals surface area contributed by atoms with Gasteiger partial charge in [-0.25, -0.2) is 4.79 Å². The standard InChI is InChI=1S/C26H38N4O6/c1-16(2)12-21(24(33)28-20(14-31)13-19-10-11-27-23(19)32)29-25(34)22(17(3)4)30-26(35)36-15-18-8-6-5-7-9-18/h5-9,14,16-17,19-22H,10-13,15H2,1-4H3,(H,27,32)(H,28,33)(H,29,34)(H,30,35)/t19-,20-,21-,22?/m0/s1. The number of nitrogens with one attached hydrogen (secondary N) is 4. The number of alkyl carbamates (subject to hydrolysis) is 1. The van der Waals surface area contributed by atoms with Crippen LogP contribution in [0.1, 0.15) is 52.5 Å². The summed E-state index contributed by atoms with van der Waals surface area (Å²) >= 11 is 0. The van der Waals surface area contributed by atoms with Crippen LogP contribution in [0, 0.1) is 17.8 Å². The molecule has 0 aromatic heterocycles. The summed E-state index contributed by atoms with van der Waals surface area (Å²) in [5, 5.41) is 10.7. The summed E-state index contributed by atoms with van der Waals surface area (Å²) in [6.07, 6.45) is 1.00. The molecular formula is C26H38N4O6. The predicted octanol–water partition coefficient (Wildman–Crippen LogP) is 1.68. The van der Waals surface area contributed by atoms with Crippen LogP contribution < -0.4 is 21.3 Å². The van der Waals surface area contributed by atoms with Crippen molar-refractivity contribution in [2.24, 2.45) is 17.8 Å². The molecular weight excluding hydrogens is 464 g/mol. The van der Waals surface area contributed by atoms with Gasteiger partial charge in [-0.05, 0) is 36.7 Å². The van der Waals surface area contributed by atoms with Crippen LogP contribution in [0.5, 0.6) is 0 Å². The molecule has 0 radical (unpaired) electrons. The number of aldehydes is 1. The average molecular weight is 503 g/mol. The van der Waals surface area contributed by atoms with Gasteiger partial charge < -0.3 is 30.8 Å². The molecule has 10 nitrogen and oxygen atoms in total. The fourth-order valence-corrected chi connectivity index (χ4v) is 4.00. The van der Waals surface area contributed by atoms with E-state index in [9.17, 15) is 24.0 Å². The van der Waals surface area contributed by atoms with E-state index in [-0.39, 0.29) is 36.7 Å². The molecule has 198 valence electrons. The summed E-state index contributed by atoms with van der Waals surface area (Å²) in [6.45, 7) is 7.97. The molecule has 1 aliphatic heterocycles. The van der Waals surface area contributed by atoms with Crippen molar-refractivity contribution in [3.63, 3.8) is 0 Å². The summed E-state index contributed by atoms with van der Waals surface area (Å²) in [7, 11) is 0. The van der Waals surface area contributed by atoms with Crippen LogP contribution in [0.4, 0.5) is 4.79 Å². The lowest BCUT2D eigenvalue weighted by molar-refractivity contribution is -0.132. The van der Waals surface area contributed by atoms with Crippen molar-refractivity contribution in [2.75, 3.05) is 6.54 Å². The number of ether oxygens (including phenoxy) is 1. The van der Waals surface area contributed by atoms with Crippen molar-refractivity contribution < 1.29 is 28.7 Å². The Kier molecular flexibility index (Phi) is 11.4. The number of carbonyl (C=O) groups excluding carboxylic acids is 5. The smallest absolute Gasteiger partial charge is 0.408 e. The average Bonchev–Trinajstić information content (AvgIpc) is 3.24. The van der Waals surface area contributed by atoms with Crippen molar-refractivity contribution in [2.45, 2.75) is 71.7 Å². The van der Waals surface area contributed by atoms with E-state index < -0.39 is 36.0 Å². The van der Waals surface area contributed by atoms with E-state index in [1.165, 1.54) is 0 Å². The van der Waals surface area contributed by atoms with Crippen molar-refractivity contribution in [1.82, 2.24) is 21.3 Å². The van der Waals surface area contributed by atoms with E-state index >= 15 is 0 Å². The summed E-state index contributed by atoms with van der Waals surface area (Å²) in [4.78, 5) is 61.9. The molecule has 1 fully saturated rings. The highest BCUT2D eigenvalue weighted by Gasteiger charge is 2.32. The van der Waals surface area contributed by atoms with Gasteiger partial charge in [0.1, 0.15) is 25.0 Å². The SMILES string of the molecule is CC(C)C[C@H](NC(=O)C(NC(=O)OCc1ccccc1)C(C)C)C(=O)N[C@H](C=O)C[C@@H]1CCNC1=O. The van der Waals surface area contributed by atoms with Gasteiger partial charge in [0.25, 0.3) is 0 Å². The number of hydrogen-bond donors (Lipinski definition) is 4. The van der Waals surface area contributed by atoms with Gasteiger partial charge in [0, 0.05) is 12.5 Å². The van der Waals surface area contributed by atoms with Gasteiger partial charge in [-0.15, -0.1) is 0 Å². The van der Waals surface area contributed by atoms with E-state index in [1.54, 1.807) is 13.8 Å². The number of hydrogen-bond acceptors (Lipinski definition) is 6. The summed E-state index contributed by atoms with van der Waals surface area (Å²) < 4.78 is 5.23. The lowest BCUT2D eigenvalue weighted by Gasteiger charge is -2.27. The number of amides is 4. The zero-order valence-electron chi connectivity index (χ0n) is 21.4. The number of carbonyl (C=O) groups is 5. The molecule has 4 amide bonds. The second-order valence-electron chi connectivity index (χ2n) is 9.88. The zero-order chi connectivity index (χ0) is 26.7. The molecule has 0 aliphatic carbocycles. The topological polar surface area (TPSA) is 143 Å². The summed E-state index contributed by atoms with van der Waals surface area (Å²) in [5.41, 5.74) is 0.812. The third-order valence-corrected chi connectivity index (χ3v) is 5.97. The molecule has 2 rings (SSSR count). The fourth-order valence-electron chi connectivity index (χ4n) is 4.00. The lowest BCUT2D eigenvalue weighted by Crippen LogP contribution is -2.56. The minimum absolute atomic E-state index is 0.0591. The molecule has 36 heavy (non-hydrogen) atoms. The van der Waals surface area contributed by atoms with E-state index in [1.807, 2.05) is 44.2 Å². The van der Waals surface area contributed by atoms with Crippen LogP contribution in [0.2, 0.25) is 0 Å². The minimum Gasteiger partial charge on any atom is -0.445 e. The monoisotopic (exact) mass is 502 g/mol. The Labute approximate surface area is 212 Å². The third-order valence-electron chi connectivity index (χ3n) is 5.97. The molecule has 1 heterocycles. The molecule has 1 aromatic rings. The first kappa shape index (κ1) is 28.8. The molecule has 0 spiro atoms. The maximum atomic E-state index is 13.1. The predicted molar refractivity (Wildman–Crippen MR) is 134 cm³/mol. The highest BCUT2D eigenvalue weighted by Crippen LogP contribution is 2.16. The summed E-state index contributed by atoms with van der Waals surface area (Å²) in [5.74, 6) is -1.72. The molecule has 1 saturated heterocycles. The number of rotatable bonds is 13. The van der Waals surface area contributed by atoms with Crippen molar-refractivity contribution in [3.05, 3.63) is 35.9 Å². The zero-order valence-corrected chi connectivity index (χ0v) is 21.4. The van der Waals surface area contributed by atoms with Crippen molar-refractivity contribution in [1.29, 1.82) is 0 Å². The van der Waals surface area contributed by atoms with Gasteiger partial charge in [0.15, 0.2) is 0 Å². The molecule has 1 aromatic carbocycles. The first-order valence-corrected chi connectivity index (χ1v) is 12.4. The Morgan fingerprint density at radius 3 is 2.31 bits per heavy atom. The molecule has 1 aliphatic rings. The van der Waals surface area contributed by atoms with Gasteiger partial charge in [0.2, 0.25) is 17.7 Å². The third kappa shape index (κ3) is 9.31. The Bertz CT molecular complexity index is 905. The van der Waals surface area contributed by atoms with Crippen LogP contribution in [-0.4, -0.2) is 54.8 Å². The fraction of sp³-hybridized carbons (Fsp3) is 0.577. The van der Waals surface area contributed by atoms with E-state index in [0.29, 0.717) is 25.7 Å².